The van der Waals surface area contributed by atoms with Crippen LogP contribution in [0.3, 0.4) is 0 Å². The standard InChI is InChI=1S/C12H16N2O2S3/c1-13-7-11-6-12(9-18-11)19(15,16)14-4-2-10-3-5-17-8-10/h3,5-6,8-9,13-14H,2,4,7H2,1H3. The zero-order valence-corrected chi connectivity index (χ0v) is 13.0. The molecular weight excluding hydrogens is 300 g/mol. The smallest absolute Gasteiger partial charge is 0.241 e. The molecule has 7 heteroatoms. The highest BCUT2D eigenvalue weighted by atomic mass is 32.2. The zero-order valence-electron chi connectivity index (χ0n) is 10.5. The third-order valence-corrected chi connectivity index (χ3v) is 5.84. The molecule has 4 nitrogen and oxygen atoms in total. The minimum Gasteiger partial charge on any atom is -0.315 e. The van der Waals surface area contributed by atoms with E-state index < -0.39 is 10.0 Å². The summed E-state index contributed by atoms with van der Waals surface area (Å²) in [7, 11) is -1.53. The predicted octanol–water partition coefficient (Wildman–Crippen LogP) is 2.05. The summed E-state index contributed by atoms with van der Waals surface area (Å²) in [5, 5.41) is 8.71. The lowest BCUT2D eigenvalue weighted by Crippen LogP contribution is -2.25. The topological polar surface area (TPSA) is 58.2 Å². The second kappa shape index (κ2) is 6.62. The summed E-state index contributed by atoms with van der Waals surface area (Å²) < 4.78 is 26.7. The van der Waals surface area contributed by atoms with E-state index >= 15 is 0 Å². The van der Waals surface area contributed by atoms with Crippen LogP contribution in [0, 0.1) is 0 Å². The molecule has 0 aliphatic heterocycles. The molecule has 104 valence electrons. The highest BCUT2D eigenvalue weighted by molar-refractivity contribution is 7.89. The summed E-state index contributed by atoms with van der Waals surface area (Å²) in [4.78, 5) is 1.37. The van der Waals surface area contributed by atoms with Gasteiger partial charge in [-0.15, -0.1) is 11.3 Å². The van der Waals surface area contributed by atoms with Crippen molar-refractivity contribution in [2.24, 2.45) is 0 Å². The largest absolute Gasteiger partial charge is 0.315 e. The molecule has 0 radical (unpaired) electrons. The van der Waals surface area contributed by atoms with E-state index in [9.17, 15) is 8.42 Å². The molecule has 2 aromatic heterocycles. The Bertz CT molecular complexity index is 603. The molecule has 0 bridgehead atoms. The Morgan fingerprint density at radius 2 is 2.16 bits per heavy atom. The molecular formula is C12H16N2O2S3. The predicted molar refractivity (Wildman–Crippen MR) is 80.3 cm³/mol. The van der Waals surface area contributed by atoms with Gasteiger partial charge in [0, 0.05) is 23.3 Å². The molecule has 0 aliphatic rings. The minimum atomic E-state index is -3.37. The van der Waals surface area contributed by atoms with Crippen molar-refractivity contribution in [2.75, 3.05) is 13.6 Å². The van der Waals surface area contributed by atoms with Crippen molar-refractivity contribution in [3.05, 3.63) is 38.7 Å². The lowest BCUT2D eigenvalue weighted by atomic mass is 10.2. The molecule has 2 aromatic rings. The molecule has 2 rings (SSSR count). The van der Waals surface area contributed by atoms with Crippen LogP contribution in [0.2, 0.25) is 0 Å². The van der Waals surface area contributed by atoms with Crippen LogP contribution in [-0.4, -0.2) is 22.0 Å². The second-order valence-electron chi connectivity index (χ2n) is 4.06. The molecule has 19 heavy (non-hydrogen) atoms. The van der Waals surface area contributed by atoms with Crippen molar-refractivity contribution in [3.8, 4) is 0 Å². The van der Waals surface area contributed by atoms with Gasteiger partial charge in [0.15, 0.2) is 0 Å². The van der Waals surface area contributed by atoms with E-state index in [1.165, 1.54) is 11.3 Å². The number of thiophene rings is 2. The summed E-state index contributed by atoms with van der Waals surface area (Å²) in [6, 6.07) is 3.72. The van der Waals surface area contributed by atoms with Crippen LogP contribution >= 0.6 is 22.7 Å². The van der Waals surface area contributed by atoms with E-state index in [2.05, 4.69) is 10.0 Å². The molecule has 0 amide bonds. The van der Waals surface area contributed by atoms with Crippen molar-refractivity contribution < 1.29 is 8.42 Å². The summed E-state index contributed by atoms with van der Waals surface area (Å²) in [6.07, 6.45) is 0.718. The average Bonchev–Trinajstić information content (AvgIpc) is 3.00. The number of nitrogens with one attached hydrogen (secondary N) is 2. The SMILES string of the molecule is CNCc1cc(S(=O)(=O)NCCc2ccsc2)cs1. The fourth-order valence-electron chi connectivity index (χ4n) is 1.62. The maximum absolute atomic E-state index is 12.1. The quantitative estimate of drug-likeness (QED) is 0.822. The van der Waals surface area contributed by atoms with Crippen LogP contribution in [-0.2, 0) is 23.0 Å². The van der Waals surface area contributed by atoms with Crippen molar-refractivity contribution in [1.29, 1.82) is 0 Å². The first kappa shape index (κ1) is 14.7. The fraction of sp³-hybridized carbons (Fsp3) is 0.333. The maximum atomic E-state index is 12.1. The molecule has 0 saturated heterocycles. The van der Waals surface area contributed by atoms with Crippen molar-refractivity contribution in [2.45, 2.75) is 17.9 Å². The van der Waals surface area contributed by atoms with E-state index in [0.29, 0.717) is 18.0 Å². The maximum Gasteiger partial charge on any atom is 0.241 e. The van der Waals surface area contributed by atoms with Crippen LogP contribution in [0.25, 0.3) is 0 Å². The van der Waals surface area contributed by atoms with Crippen LogP contribution in [0.1, 0.15) is 10.4 Å². The third kappa shape index (κ3) is 4.12. The van der Waals surface area contributed by atoms with Gasteiger partial charge in [0.05, 0.1) is 4.90 Å². The molecule has 0 atom stereocenters. The highest BCUT2D eigenvalue weighted by Crippen LogP contribution is 2.19. The van der Waals surface area contributed by atoms with Gasteiger partial charge in [0.25, 0.3) is 0 Å². The molecule has 0 aromatic carbocycles. The molecule has 0 unspecified atom stereocenters. The van der Waals surface area contributed by atoms with Crippen molar-refractivity contribution in [1.82, 2.24) is 10.0 Å². The Hall–Kier alpha value is -0.730. The van der Waals surface area contributed by atoms with Gasteiger partial charge in [-0.2, -0.15) is 11.3 Å². The first-order valence-corrected chi connectivity index (χ1v) is 9.15. The fourth-order valence-corrected chi connectivity index (χ4v) is 4.64. The highest BCUT2D eigenvalue weighted by Gasteiger charge is 2.15. The average molecular weight is 316 g/mol. The van der Waals surface area contributed by atoms with E-state index in [0.717, 1.165) is 16.9 Å². The summed E-state index contributed by atoms with van der Waals surface area (Å²) >= 11 is 3.07. The second-order valence-corrected chi connectivity index (χ2v) is 7.60. The molecule has 0 aliphatic carbocycles. The van der Waals surface area contributed by atoms with Gasteiger partial charge >= 0.3 is 0 Å². The number of hydrogen-bond acceptors (Lipinski definition) is 5. The van der Waals surface area contributed by atoms with Gasteiger partial charge in [-0.3, -0.25) is 0 Å². The van der Waals surface area contributed by atoms with Crippen LogP contribution in [0.5, 0.6) is 0 Å². The third-order valence-electron chi connectivity index (χ3n) is 2.58. The van der Waals surface area contributed by atoms with Gasteiger partial charge in [-0.05, 0) is 41.9 Å². The summed E-state index contributed by atoms with van der Waals surface area (Å²) in [5.74, 6) is 0. The lowest BCUT2D eigenvalue weighted by molar-refractivity contribution is 0.582. The summed E-state index contributed by atoms with van der Waals surface area (Å²) in [5.41, 5.74) is 1.16. The first-order chi connectivity index (χ1) is 9.12. The Kier molecular flexibility index (Phi) is 5.12. The molecule has 2 heterocycles. The van der Waals surface area contributed by atoms with E-state index in [4.69, 9.17) is 0 Å². The minimum absolute atomic E-state index is 0.355. The normalized spacial score (nSPS) is 11.8. The van der Waals surface area contributed by atoms with E-state index in [-0.39, 0.29) is 0 Å². The summed E-state index contributed by atoms with van der Waals surface area (Å²) in [6.45, 7) is 1.12. The van der Waals surface area contributed by atoms with Gasteiger partial charge in [0.1, 0.15) is 0 Å². The Balaban J connectivity index is 1.93. The van der Waals surface area contributed by atoms with Gasteiger partial charge in [-0.1, -0.05) is 0 Å². The number of hydrogen-bond donors (Lipinski definition) is 2. The monoisotopic (exact) mass is 316 g/mol. The Morgan fingerprint density at radius 1 is 1.32 bits per heavy atom. The molecule has 0 saturated carbocycles. The number of rotatable bonds is 7. The molecule has 2 N–H and O–H groups in total. The van der Waals surface area contributed by atoms with Crippen LogP contribution in [0.4, 0.5) is 0 Å². The van der Waals surface area contributed by atoms with Crippen molar-refractivity contribution >= 4 is 32.7 Å². The van der Waals surface area contributed by atoms with Gasteiger partial charge < -0.3 is 5.32 Å². The first-order valence-electron chi connectivity index (χ1n) is 5.84. The van der Waals surface area contributed by atoms with Gasteiger partial charge in [-0.25, -0.2) is 13.1 Å². The van der Waals surface area contributed by atoms with E-state index in [1.54, 1.807) is 22.8 Å². The zero-order chi connectivity index (χ0) is 13.7. The number of sulfonamides is 1. The van der Waals surface area contributed by atoms with Gasteiger partial charge in [0.2, 0.25) is 10.0 Å². The van der Waals surface area contributed by atoms with Crippen LogP contribution < -0.4 is 10.0 Å². The van der Waals surface area contributed by atoms with E-state index in [1.807, 2.05) is 23.9 Å². The molecule has 0 spiro atoms. The molecule has 0 fully saturated rings. The lowest BCUT2D eigenvalue weighted by Gasteiger charge is -2.03. The van der Waals surface area contributed by atoms with Crippen LogP contribution in [0.15, 0.2) is 33.2 Å². The van der Waals surface area contributed by atoms with Crippen molar-refractivity contribution in [3.63, 3.8) is 0 Å². The Labute approximate surface area is 121 Å². The Morgan fingerprint density at radius 3 is 2.84 bits per heavy atom.